The van der Waals surface area contributed by atoms with Crippen LogP contribution in [0.25, 0.3) is 5.57 Å². The van der Waals surface area contributed by atoms with E-state index < -0.39 is 0 Å². The fourth-order valence-electron chi connectivity index (χ4n) is 2.15. The number of hydrogen-bond donors (Lipinski definition) is 0. The molecule has 0 bridgehead atoms. The largest absolute Gasteiger partial charge is 0.462 e. The molecule has 20 heavy (non-hydrogen) atoms. The molecule has 0 radical (unpaired) electrons. The van der Waals surface area contributed by atoms with E-state index in [-0.39, 0.29) is 5.97 Å². The molecule has 0 aliphatic carbocycles. The Labute approximate surface area is 122 Å². The predicted molar refractivity (Wildman–Crippen MR) is 84.4 cm³/mol. The molecule has 0 spiro atoms. The van der Waals surface area contributed by atoms with Gasteiger partial charge < -0.3 is 4.74 Å². The van der Waals surface area contributed by atoms with Gasteiger partial charge in [0.1, 0.15) is 0 Å². The van der Waals surface area contributed by atoms with Crippen molar-refractivity contribution in [2.75, 3.05) is 6.61 Å². The summed E-state index contributed by atoms with van der Waals surface area (Å²) in [6.45, 7) is 4.60. The summed E-state index contributed by atoms with van der Waals surface area (Å²) in [5.74, 6) is -0.216. The van der Waals surface area contributed by atoms with Crippen LogP contribution in [-0.2, 0) is 9.53 Å². The first kappa shape index (κ1) is 16.5. The zero-order valence-corrected chi connectivity index (χ0v) is 12.7. The third-order valence-electron chi connectivity index (χ3n) is 3.32. The van der Waals surface area contributed by atoms with Crippen LogP contribution in [0.15, 0.2) is 36.4 Å². The lowest BCUT2D eigenvalue weighted by Crippen LogP contribution is -2.08. The zero-order valence-electron chi connectivity index (χ0n) is 12.7. The number of carbonyl (C=O) groups excluding carboxylic acids is 1. The number of allylic oxidation sites excluding steroid dienone is 1. The highest BCUT2D eigenvalue weighted by atomic mass is 16.5. The second kappa shape index (κ2) is 10.2. The van der Waals surface area contributed by atoms with Gasteiger partial charge in [0.05, 0.1) is 12.2 Å². The number of hydrogen-bond acceptors (Lipinski definition) is 2. The van der Waals surface area contributed by atoms with E-state index in [0.29, 0.717) is 12.2 Å². The Kier molecular flexibility index (Phi) is 8.44. The molecule has 0 aliphatic rings. The predicted octanol–water partition coefficient (Wildman–Crippen LogP) is 4.99. The van der Waals surface area contributed by atoms with Crippen LogP contribution in [-0.4, -0.2) is 12.6 Å². The van der Waals surface area contributed by atoms with Crippen LogP contribution in [0.5, 0.6) is 0 Å². The highest BCUT2D eigenvalue weighted by molar-refractivity contribution is 6.16. The smallest absolute Gasteiger partial charge is 0.338 e. The second-order valence-corrected chi connectivity index (χ2v) is 4.97. The normalized spacial score (nSPS) is 11.4. The first-order valence-electron chi connectivity index (χ1n) is 7.68. The molecule has 2 nitrogen and oxygen atoms in total. The van der Waals surface area contributed by atoms with Gasteiger partial charge in [0.2, 0.25) is 0 Å². The molecule has 1 aromatic carbocycles. The fourth-order valence-corrected chi connectivity index (χ4v) is 2.15. The molecular formula is C18H26O2. The molecule has 1 aromatic rings. The van der Waals surface area contributed by atoms with Crippen molar-refractivity contribution in [3.05, 3.63) is 42.0 Å². The number of carbonyl (C=O) groups is 1. The minimum atomic E-state index is -0.216. The Morgan fingerprint density at radius 2 is 1.70 bits per heavy atom. The maximum absolute atomic E-state index is 12.0. The van der Waals surface area contributed by atoms with E-state index in [9.17, 15) is 4.79 Å². The second-order valence-electron chi connectivity index (χ2n) is 4.97. The number of esters is 1. The average Bonchev–Trinajstić information content (AvgIpc) is 2.48. The van der Waals surface area contributed by atoms with Crippen molar-refractivity contribution in [1.82, 2.24) is 0 Å². The minimum absolute atomic E-state index is 0.216. The Morgan fingerprint density at radius 1 is 1.05 bits per heavy atom. The Balaban J connectivity index is 2.28. The SMILES string of the molecule is C/C=C(/C(=O)OCCCCCCCC)c1ccccc1. The van der Waals surface area contributed by atoms with Crippen LogP contribution in [0.2, 0.25) is 0 Å². The first-order chi connectivity index (χ1) is 9.79. The maximum Gasteiger partial charge on any atom is 0.338 e. The number of ether oxygens (including phenoxy) is 1. The molecule has 0 fully saturated rings. The molecule has 0 saturated heterocycles. The lowest BCUT2D eigenvalue weighted by Gasteiger charge is -2.08. The molecule has 0 atom stereocenters. The van der Waals surface area contributed by atoms with Crippen molar-refractivity contribution in [3.63, 3.8) is 0 Å². The Bertz CT molecular complexity index is 407. The molecule has 0 heterocycles. The van der Waals surface area contributed by atoms with E-state index >= 15 is 0 Å². The topological polar surface area (TPSA) is 26.3 Å². The summed E-state index contributed by atoms with van der Waals surface area (Å²) in [5, 5.41) is 0. The molecule has 1 rings (SSSR count). The van der Waals surface area contributed by atoms with E-state index in [1.807, 2.05) is 43.3 Å². The summed E-state index contributed by atoms with van der Waals surface area (Å²) in [5.41, 5.74) is 1.57. The van der Waals surface area contributed by atoms with Gasteiger partial charge in [-0.2, -0.15) is 0 Å². The zero-order chi connectivity index (χ0) is 14.6. The van der Waals surface area contributed by atoms with Crippen molar-refractivity contribution in [3.8, 4) is 0 Å². The van der Waals surface area contributed by atoms with Gasteiger partial charge in [0.25, 0.3) is 0 Å². The molecular weight excluding hydrogens is 248 g/mol. The van der Waals surface area contributed by atoms with Gasteiger partial charge in [-0.25, -0.2) is 4.79 Å². The Hall–Kier alpha value is -1.57. The van der Waals surface area contributed by atoms with E-state index in [1.165, 1.54) is 25.7 Å². The average molecular weight is 274 g/mol. The summed E-state index contributed by atoms with van der Waals surface area (Å²) in [6.07, 6.45) is 9.01. The number of rotatable bonds is 9. The highest BCUT2D eigenvalue weighted by Gasteiger charge is 2.11. The first-order valence-corrected chi connectivity index (χ1v) is 7.68. The Morgan fingerprint density at radius 3 is 2.35 bits per heavy atom. The lowest BCUT2D eigenvalue weighted by molar-refractivity contribution is -0.136. The van der Waals surface area contributed by atoms with Crippen LogP contribution in [0, 0.1) is 0 Å². The molecule has 110 valence electrons. The third-order valence-corrected chi connectivity index (χ3v) is 3.32. The van der Waals surface area contributed by atoms with Gasteiger partial charge in [-0.05, 0) is 18.9 Å². The fraction of sp³-hybridized carbons (Fsp3) is 0.500. The van der Waals surface area contributed by atoms with Crippen LogP contribution >= 0.6 is 0 Å². The van der Waals surface area contributed by atoms with Gasteiger partial charge in [0.15, 0.2) is 0 Å². The minimum Gasteiger partial charge on any atom is -0.462 e. The van der Waals surface area contributed by atoms with Crippen molar-refractivity contribution in [2.45, 2.75) is 52.4 Å². The molecule has 0 saturated carbocycles. The third kappa shape index (κ3) is 6.05. The van der Waals surface area contributed by atoms with Crippen molar-refractivity contribution < 1.29 is 9.53 Å². The van der Waals surface area contributed by atoms with Crippen LogP contribution in [0.3, 0.4) is 0 Å². The molecule has 0 aromatic heterocycles. The summed E-state index contributed by atoms with van der Waals surface area (Å²) in [4.78, 5) is 12.0. The number of benzene rings is 1. The van der Waals surface area contributed by atoms with Gasteiger partial charge >= 0.3 is 5.97 Å². The monoisotopic (exact) mass is 274 g/mol. The molecule has 0 amide bonds. The van der Waals surface area contributed by atoms with Crippen molar-refractivity contribution in [1.29, 1.82) is 0 Å². The van der Waals surface area contributed by atoms with Gasteiger partial charge in [-0.3, -0.25) is 0 Å². The van der Waals surface area contributed by atoms with E-state index in [1.54, 1.807) is 0 Å². The molecule has 0 N–H and O–H groups in total. The maximum atomic E-state index is 12.0. The van der Waals surface area contributed by atoms with E-state index in [0.717, 1.165) is 18.4 Å². The summed E-state index contributed by atoms with van der Waals surface area (Å²) in [6, 6.07) is 9.67. The molecule has 0 unspecified atom stereocenters. The highest BCUT2D eigenvalue weighted by Crippen LogP contribution is 2.16. The number of unbranched alkanes of at least 4 members (excludes halogenated alkanes) is 5. The van der Waals surface area contributed by atoms with Crippen LogP contribution < -0.4 is 0 Å². The lowest BCUT2D eigenvalue weighted by atomic mass is 10.1. The van der Waals surface area contributed by atoms with E-state index in [4.69, 9.17) is 4.74 Å². The van der Waals surface area contributed by atoms with Crippen molar-refractivity contribution >= 4 is 11.5 Å². The molecule has 0 aliphatic heterocycles. The standard InChI is InChI=1S/C18H26O2/c1-3-5-6-7-8-12-15-20-18(19)17(4-2)16-13-10-9-11-14-16/h4,9-11,13-14H,3,5-8,12,15H2,1-2H3/b17-4+. The van der Waals surface area contributed by atoms with Gasteiger partial charge in [-0.1, -0.05) is 75.4 Å². The van der Waals surface area contributed by atoms with Gasteiger partial charge in [0, 0.05) is 0 Å². The molecule has 2 heteroatoms. The van der Waals surface area contributed by atoms with Crippen molar-refractivity contribution in [2.24, 2.45) is 0 Å². The summed E-state index contributed by atoms with van der Waals surface area (Å²) >= 11 is 0. The summed E-state index contributed by atoms with van der Waals surface area (Å²) in [7, 11) is 0. The van der Waals surface area contributed by atoms with E-state index in [2.05, 4.69) is 6.92 Å². The van der Waals surface area contributed by atoms with Crippen LogP contribution in [0.1, 0.15) is 57.9 Å². The van der Waals surface area contributed by atoms with Crippen LogP contribution in [0.4, 0.5) is 0 Å². The van der Waals surface area contributed by atoms with Gasteiger partial charge in [-0.15, -0.1) is 0 Å². The summed E-state index contributed by atoms with van der Waals surface area (Å²) < 4.78 is 5.35. The quantitative estimate of drug-likeness (QED) is 0.360.